The summed E-state index contributed by atoms with van der Waals surface area (Å²) >= 11 is 3.34. The number of hydrogen-bond donors (Lipinski definition) is 2. The van der Waals surface area contributed by atoms with Crippen LogP contribution in [0.25, 0.3) is 0 Å². The van der Waals surface area contributed by atoms with Crippen molar-refractivity contribution in [2.24, 2.45) is 5.41 Å². The Morgan fingerprint density at radius 1 is 1.68 bits per heavy atom. The zero-order valence-electron chi connectivity index (χ0n) is 10.3. The fourth-order valence-electron chi connectivity index (χ4n) is 2.01. The molecule has 0 aromatic heterocycles. The maximum absolute atomic E-state index is 11.4. The quantitative estimate of drug-likeness (QED) is 0.890. The van der Waals surface area contributed by atoms with E-state index in [4.69, 9.17) is 10.00 Å². The molecule has 0 bridgehead atoms. The Labute approximate surface area is 119 Å². The van der Waals surface area contributed by atoms with Crippen molar-refractivity contribution in [2.75, 3.05) is 18.5 Å². The van der Waals surface area contributed by atoms with Gasteiger partial charge in [0.15, 0.2) is 0 Å². The number of rotatable bonds is 3. The molecular weight excluding hydrogens is 312 g/mol. The second-order valence-corrected chi connectivity index (χ2v) is 5.65. The standard InChI is InChI=1S/C13H13BrN2O3/c1-13(12(17)18)7-19-6-11(13)16-10-4-9(14)3-2-8(10)5-15/h2-4,11,16H,6-7H2,1H3,(H,17,18). The van der Waals surface area contributed by atoms with Gasteiger partial charge >= 0.3 is 5.97 Å². The molecule has 6 heteroatoms. The van der Waals surface area contributed by atoms with E-state index in [9.17, 15) is 9.90 Å². The Balaban J connectivity index is 2.29. The van der Waals surface area contributed by atoms with Gasteiger partial charge in [-0.05, 0) is 25.1 Å². The van der Waals surface area contributed by atoms with Gasteiger partial charge in [-0.2, -0.15) is 5.26 Å². The molecule has 5 nitrogen and oxygen atoms in total. The van der Waals surface area contributed by atoms with Crippen molar-refractivity contribution in [1.29, 1.82) is 5.26 Å². The van der Waals surface area contributed by atoms with E-state index >= 15 is 0 Å². The highest BCUT2D eigenvalue weighted by atomic mass is 79.9. The predicted octanol–water partition coefficient (Wildman–Crippen LogP) is 2.22. The second kappa shape index (κ2) is 5.19. The highest BCUT2D eigenvalue weighted by Gasteiger charge is 2.46. The zero-order valence-corrected chi connectivity index (χ0v) is 11.9. The van der Waals surface area contributed by atoms with Crippen molar-refractivity contribution < 1.29 is 14.6 Å². The maximum atomic E-state index is 11.4. The Bertz CT molecular complexity index is 555. The first kappa shape index (κ1) is 13.8. The van der Waals surface area contributed by atoms with Gasteiger partial charge in [0.1, 0.15) is 11.5 Å². The van der Waals surface area contributed by atoms with Crippen molar-refractivity contribution in [3.8, 4) is 6.07 Å². The number of carboxylic acids is 1. The molecule has 0 amide bonds. The summed E-state index contributed by atoms with van der Waals surface area (Å²) in [5, 5.41) is 21.5. The van der Waals surface area contributed by atoms with Crippen LogP contribution in [-0.2, 0) is 9.53 Å². The fraction of sp³-hybridized carbons (Fsp3) is 0.385. The van der Waals surface area contributed by atoms with Gasteiger partial charge in [0.05, 0.1) is 30.5 Å². The molecule has 1 saturated heterocycles. The molecule has 0 spiro atoms. The minimum Gasteiger partial charge on any atom is -0.481 e. The van der Waals surface area contributed by atoms with Crippen molar-refractivity contribution in [2.45, 2.75) is 13.0 Å². The summed E-state index contributed by atoms with van der Waals surface area (Å²) in [5.74, 6) is -0.906. The fourth-order valence-corrected chi connectivity index (χ4v) is 2.37. The minimum atomic E-state index is -0.991. The number of nitriles is 1. The highest BCUT2D eigenvalue weighted by molar-refractivity contribution is 9.10. The molecule has 1 fully saturated rings. The number of nitrogens with zero attached hydrogens (tertiary/aromatic N) is 1. The van der Waals surface area contributed by atoms with Gasteiger partial charge in [-0.1, -0.05) is 15.9 Å². The summed E-state index contributed by atoms with van der Waals surface area (Å²) < 4.78 is 6.10. The van der Waals surface area contributed by atoms with Gasteiger partial charge < -0.3 is 15.2 Å². The van der Waals surface area contributed by atoms with E-state index in [0.29, 0.717) is 17.9 Å². The predicted molar refractivity (Wildman–Crippen MR) is 72.8 cm³/mol. The lowest BCUT2D eigenvalue weighted by Crippen LogP contribution is -2.43. The van der Waals surface area contributed by atoms with Crippen LogP contribution in [0.4, 0.5) is 5.69 Å². The van der Waals surface area contributed by atoms with E-state index in [1.54, 1.807) is 25.1 Å². The molecule has 19 heavy (non-hydrogen) atoms. The molecule has 2 unspecified atom stereocenters. The molecule has 2 rings (SSSR count). The molecule has 1 aromatic rings. The highest BCUT2D eigenvalue weighted by Crippen LogP contribution is 2.32. The van der Waals surface area contributed by atoms with E-state index in [-0.39, 0.29) is 12.6 Å². The molecule has 1 aliphatic heterocycles. The zero-order chi connectivity index (χ0) is 14.0. The molecule has 0 radical (unpaired) electrons. The molecule has 1 heterocycles. The summed E-state index contributed by atoms with van der Waals surface area (Å²) in [4.78, 5) is 11.4. The first-order valence-electron chi connectivity index (χ1n) is 5.74. The Morgan fingerprint density at radius 3 is 3.05 bits per heavy atom. The van der Waals surface area contributed by atoms with Gasteiger partial charge in [-0.25, -0.2) is 0 Å². The van der Waals surface area contributed by atoms with E-state index in [0.717, 1.165) is 4.47 Å². The minimum absolute atomic E-state index is 0.163. The number of ether oxygens (including phenoxy) is 1. The van der Waals surface area contributed by atoms with Gasteiger partial charge in [0.25, 0.3) is 0 Å². The van der Waals surface area contributed by atoms with Crippen molar-refractivity contribution in [1.82, 2.24) is 0 Å². The van der Waals surface area contributed by atoms with E-state index in [2.05, 4.69) is 27.3 Å². The third-order valence-electron chi connectivity index (χ3n) is 3.38. The van der Waals surface area contributed by atoms with Crippen LogP contribution in [0, 0.1) is 16.7 Å². The summed E-state index contributed by atoms with van der Waals surface area (Å²) in [5.41, 5.74) is 0.0948. The van der Waals surface area contributed by atoms with Crippen LogP contribution in [0.2, 0.25) is 0 Å². The van der Waals surface area contributed by atoms with E-state index in [1.807, 2.05) is 0 Å². The number of benzene rings is 1. The molecule has 0 saturated carbocycles. The SMILES string of the molecule is CC1(C(=O)O)COCC1Nc1cc(Br)ccc1C#N. The summed E-state index contributed by atoms with van der Waals surface area (Å²) in [7, 11) is 0. The first-order valence-corrected chi connectivity index (χ1v) is 6.54. The summed E-state index contributed by atoms with van der Waals surface area (Å²) in [6, 6.07) is 6.93. The largest absolute Gasteiger partial charge is 0.481 e. The molecule has 1 aliphatic rings. The van der Waals surface area contributed by atoms with Crippen molar-refractivity contribution >= 4 is 27.6 Å². The monoisotopic (exact) mass is 324 g/mol. The van der Waals surface area contributed by atoms with Gasteiger partial charge in [0, 0.05) is 4.47 Å². The Hall–Kier alpha value is -1.58. The smallest absolute Gasteiger partial charge is 0.313 e. The number of aliphatic carboxylic acids is 1. The third kappa shape index (κ3) is 2.57. The van der Waals surface area contributed by atoms with Gasteiger partial charge in [-0.3, -0.25) is 4.79 Å². The normalized spacial score (nSPS) is 25.8. The lowest BCUT2D eigenvalue weighted by Gasteiger charge is -2.26. The number of anilines is 1. The molecule has 2 atom stereocenters. The number of carboxylic acid groups (broad SMARTS) is 1. The van der Waals surface area contributed by atoms with Gasteiger partial charge in [-0.15, -0.1) is 0 Å². The Morgan fingerprint density at radius 2 is 2.42 bits per heavy atom. The Kier molecular flexibility index (Phi) is 3.78. The van der Waals surface area contributed by atoms with Crippen LogP contribution in [0.3, 0.4) is 0 Å². The van der Waals surface area contributed by atoms with E-state index < -0.39 is 11.4 Å². The van der Waals surface area contributed by atoms with E-state index in [1.165, 1.54) is 0 Å². The lowest BCUT2D eigenvalue weighted by atomic mass is 9.85. The number of nitrogens with one attached hydrogen (secondary N) is 1. The first-order chi connectivity index (χ1) is 8.97. The number of carbonyl (C=O) groups is 1. The van der Waals surface area contributed by atoms with Gasteiger partial charge in [0.2, 0.25) is 0 Å². The van der Waals surface area contributed by atoms with Crippen LogP contribution >= 0.6 is 15.9 Å². The van der Waals surface area contributed by atoms with Crippen LogP contribution in [0.15, 0.2) is 22.7 Å². The molecule has 100 valence electrons. The second-order valence-electron chi connectivity index (χ2n) is 4.74. The lowest BCUT2D eigenvalue weighted by molar-refractivity contribution is -0.148. The van der Waals surface area contributed by atoms with Crippen LogP contribution < -0.4 is 5.32 Å². The summed E-state index contributed by atoms with van der Waals surface area (Å²) in [6.07, 6.45) is 0. The van der Waals surface area contributed by atoms with Crippen LogP contribution in [0.1, 0.15) is 12.5 Å². The third-order valence-corrected chi connectivity index (χ3v) is 3.87. The van der Waals surface area contributed by atoms with Crippen molar-refractivity contribution in [3.63, 3.8) is 0 Å². The van der Waals surface area contributed by atoms with Crippen molar-refractivity contribution in [3.05, 3.63) is 28.2 Å². The van der Waals surface area contributed by atoms with Crippen LogP contribution in [-0.4, -0.2) is 30.3 Å². The topological polar surface area (TPSA) is 82.3 Å². The molecule has 2 N–H and O–H groups in total. The average Bonchev–Trinajstić information content (AvgIpc) is 2.73. The average molecular weight is 325 g/mol. The number of hydrogen-bond acceptors (Lipinski definition) is 4. The molecule has 0 aliphatic carbocycles. The molecular formula is C13H13BrN2O3. The molecule has 1 aromatic carbocycles. The summed E-state index contributed by atoms with van der Waals surface area (Å²) in [6.45, 7) is 2.11. The maximum Gasteiger partial charge on any atom is 0.313 e. The number of halogens is 1. The van der Waals surface area contributed by atoms with Crippen LogP contribution in [0.5, 0.6) is 0 Å².